The fourth-order valence-corrected chi connectivity index (χ4v) is 3.19. The number of aromatic nitrogens is 2. The second kappa shape index (κ2) is 6.54. The molecule has 4 nitrogen and oxygen atoms in total. The van der Waals surface area contributed by atoms with Crippen molar-refractivity contribution in [2.75, 3.05) is 5.75 Å². The summed E-state index contributed by atoms with van der Waals surface area (Å²) in [5, 5.41) is 1.26. The molecule has 0 aliphatic rings. The van der Waals surface area contributed by atoms with Gasteiger partial charge in [-0.1, -0.05) is 46.4 Å². The van der Waals surface area contributed by atoms with Crippen molar-refractivity contribution in [2.24, 2.45) is 0 Å². The minimum Gasteiger partial charge on any atom is -0.467 e. The van der Waals surface area contributed by atoms with Gasteiger partial charge in [0.25, 0.3) is 5.56 Å². The predicted molar refractivity (Wildman–Crippen MR) is 92.6 cm³/mol. The smallest absolute Gasteiger partial charge is 0.262 e. The average molecular weight is 377 g/mol. The van der Waals surface area contributed by atoms with Crippen LogP contribution in [-0.2, 0) is 6.54 Å². The van der Waals surface area contributed by atoms with E-state index in [1.807, 2.05) is 30.3 Å². The normalized spacial score (nSPS) is 11.0. The van der Waals surface area contributed by atoms with Crippen LogP contribution < -0.4 is 5.56 Å². The Balaban J connectivity index is 2.12. The van der Waals surface area contributed by atoms with Crippen molar-refractivity contribution in [3.8, 4) is 0 Å². The number of rotatable bonds is 5. The molecule has 0 N–H and O–H groups in total. The molecule has 0 bridgehead atoms. The zero-order valence-electron chi connectivity index (χ0n) is 11.7. The Morgan fingerprint density at radius 3 is 2.86 bits per heavy atom. The first-order chi connectivity index (χ1) is 10.6. The van der Waals surface area contributed by atoms with Gasteiger partial charge in [0.15, 0.2) is 5.16 Å². The summed E-state index contributed by atoms with van der Waals surface area (Å²) in [6.45, 7) is 4.18. The monoisotopic (exact) mass is 376 g/mol. The van der Waals surface area contributed by atoms with Crippen LogP contribution in [0.25, 0.3) is 10.9 Å². The highest BCUT2D eigenvalue weighted by Gasteiger charge is 2.13. The van der Waals surface area contributed by atoms with Crippen LogP contribution in [0.3, 0.4) is 0 Å². The van der Waals surface area contributed by atoms with Crippen molar-refractivity contribution < 1.29 is 4.42 Å². The summed E-state index contributed by atoms with van der Waals surface area (Å²) < 4.78 is 7.85. The van der Waals surface area contributed by atoms with E-state index < -0.39 is 0 Å². The quantitative estimate of drug-likeness (QED) is 0.498. The highest BCUT2D eigenvalue weighted by atomic mass is 79.9. The van der Waals surface area contributed by atoms with Crippen LogP contribution in [0.4, 0.5) is 0 Å². The molecule has 112 valence electrons. The number of benzene rings is 1. The maximum atomic E-state index is 12.8. The minimum absolute atomic E-state index is 0.0651. The third-order valence-corrected chi connectivity index (χ3v) is 4.79. The number of hydrogen-bond acceptors (Lipinski definition) is 4. The van der Waals surface area contributed by atoms with Gasteiger partial charge in [0.1, 0.15) is 5.76 Å². The molecule has 2 aromatic heterocycles. The Bertz CT molecular complexity index is 871. The lowest BCUT2D eigenvalue weighted by Gasteiger charge is -2.11. The second-order valence-electron chi connectivity index (χ2n) is 4.69. The topological polar surface area (TPSA) is 48.0 Å². The van der Waals surface area contributed by atoms with Crippen molar-refractivity contribution in [1.82, 2.24) is 9.55 Å². The standard InChI is InChI=1S/C16H13BrN2O2S/c1-11(17)10-22-16-18-14-7-3-2-6-13(14)15(20)19(16)9-12-5-4-8-21-12/h2-8H,1,9-10H2. The summed E-state index contributed by atoms with van der Waals surface area (Å²) in [6, 6.07) is 11.0. The van der Waals surface area contributed by atoms with Crippen LogP contribution in [0, 0.1) is 0 Å². The lowest BCUT2D eigenvalue weighted by atomic mass is 10.2. The maximum absolute atomic E-state index is 12.8. The van der Waals surface area contributed by atoms with E-state index in [1.54, 1.807) is 16.9 Å². The molecule has 0 spiro atoms. The second-order valence-corrected chi connectivity index (χ2v) is 6.75. The van der Waals surface area contributed by atoms with Crippen molar-refractivity contribution in [2.45, 2.75) is 11.7 Å². The molecule has 0 saturated heterocycles. The summed E-state index contributed by atoms with van der Waals surface area (Å²) in [6.07, 6.45) is 1.60. The van der Waals surface area contributed by atoms with Crippen LogP contribution in [0.1, 0.15) is 5.76 Å². The van der Waals surface area contributed by atoms with E-state index in [1.165, 1.54) is 11.8 Å². The minimum atomic E-state index is -0.0651. The summed E-state index contributed by atoms with van der Waals surface area (Å²) in [5.41, 5.74) is 0.635. The lowest BCUT2D eigenvalue weighted by Crippen LogP contribution is -2.23. The van der Waals surface area contributed by atoms with Gasteiger partial charge in [0.2, 0.25) is 0 Å². The molecule has 0 fully saturated rings. The molecule has 0 amide bonds. The van der Waals surface area contributed by atoms with Gasteiger partial charge in [0.05, 0.1) is 23.7 Å². The van der Waals surface area contributed by atoms with Crippen molar-refractivity contribution in [1.29, 1.82) is 0 Å². The van der Waals surface area contributed by atoms with Crippen molar-refractivity contribution >= 4 is 38.6 Å². The number of furan rings is 1. The van der Waals surface area contributed by atoms with Gasteiger partial charge in [-0.3, -0.25) is 9.36 Å². The van der Waals surface area contributed by atoms with Gasteiger partial charge >= 0.3 is 0 Å². The molecule has 0 atom stereocenters. The molecule has 0 saturated carbocycles. The van der Waals surface area contributed by atoms with Crippen molar-refractivity contribution in [3.63, 3.8) is 0 Å². The number of nitrogens with zero attached hydrogens (tertiary/aromatic N) is 2. The summed E-state index contributed by atoms with van der Waals surface area (Å²) in [7, 11) is 0. The Labute approximate surface area is 140 Å². The van der Waals surface area contributed by atoms with E-state index in [0.717, 1.165) is 10.2 Å². The summed E-state index contributed by atoms with van der Waals surface area (Å²) >= 11 is 4.81. The van der Waals surface area contributed by atoms with E-state index in [4.69, 9.17) is 4.42 Å². The molecule has 0 radical (unpaired) electrons. The Kier molecular flexibility index (Phi) is 4.49. The first kappa shape index (κ1) is 15.1. The number of hydrogen-bond donors (Lipinski definition) is 0. The summed E-state index contributed by atoms with van der Waals surface area (Å²) in [5.74, 6) is 1.36. The van der Waals surface area contributed by atoms with Gasteiger partial charge < -0.3 is 4.42 Å². The molecule has 3 rings (SSSR count). The third-order valence-electron chi connectivity index (χ3n) is 3.08. The Morgan fingerprint density at radius 1 is 1.32 bits per heavy atom. The molecule has 2 heterocycles. The van der Waals surface area contributed by atoms with Crippen LogP contribution in [0.15, 0.2) is 68.1 Å². The highest BCUT2D eigenvalue weighted by Crippen LogP contribution is 2.22. The highest BCUT2D eigenvalue weighted by molar-refractivity contribution is 9.11. The molecule has 1 aromatic carbocycles. The van der Waals surface area contributed by atoms with Gasteiger partial charge in [-0.2, -0.15) is 0 Å². The van der Waals surface area contributed by atoms with Crippen LogP contribution in [-0.4, -0.2) is 15.3 Å². The zero-order valence-corrected chi connectivity index (χ0v) is 14.1. The lowest BCUT2D eigenvalue weighted by molar-refractivity contribution is 0.476. The molecular weight excluding hydrogens is 364 g/mol. The molecule has 22 heavy (non-hydrogen) atoms. The Hall–Kier alpha value is -1.79. The van der Waals surface area contributed by atoms with Crippen molar-refractivity contribution in [3.05, 3.63) is 69.8 Å². The SMILES string of the molecule is C=C(Br)CSc1nc2ccccc2c(=O)n1Cc1ccco1. The van der Waals surface area contributed by atoms with E-state index in [2.05, 4.69) is 27.5 Å². The van der Waals surface area contributed by atoms with Crippen LogP contribution >= 0.6 is 27.7 Å². The number of thioether (sulfide) groups is 1. The Morgan fingerprint density at radius 2 is 2.14 bits per heavy atom. The number of fused-ring (bicyclic) bond motifs is 1. The van der Waals surface area contributed by atoms with E-state index in [9.17, 15) is 4.79 Å². The first-order valence-electron chi connectivity index (χ1n) is 6.63. The largest absolute Gasteiger partial charge is 0.467 e. The third kappa shape index (κ3) is 3.18. The molecule has 0 aliphatic carbocycles. The van der Waals surface area contributed by atoms with Gasteiger partial charge in [-0.25, -0.2) is 4.98 Å². The molecule has 0 aliphatic heterocycles. The first-order valence-corrected chi connectivity index (χ1v) is 8.41. The van der Waals surface area contributed by atoms with Crippen LogP contribution in [0.5, 0.6) is 0 Å². The fourth-order valence-electron chi connectivity index (χ4n) is 2.10. The number of para-hydroxylation sites is 1. The maximum Gasteiger partial charge on any atom is 0.262 e. The van der Waals surface area contributed by atoms with E-state index in [-0.39, 0.29) is 5.56 Å². The van der Waals surface area contributed by atoms with E-state index in [0.29, 0.717) is 28.4 Å². The molecule has 6 heteroatoms. The van der Waals surface area contributed by atoms with Gasteiger partial charge in [-0.15, -0.1) is 0 Å². The zero-order chi connectivity index (χ0) is 15.5. The molecule has 0 unspecified atom stereocenters. The van der Waals surface area contributed by atoms with Crippen LogP contribution in [0.2, 0.25) is 0 Å². The number of halogens is 1. The van der Waals surface area contributed by atoms with Gasteiger partial charge in [-0.05, 0) is 28.7 Å². The average Bonchev–Trinajstić information content (AvgIpc) is 3.01. The predicted octanol–water partition coefficient (Wildman–Crippen LogP) is 4.04. The molecule has 3 aromatic rings. The summed E-state index contributed by atoms with van der Waals surface area (Å²) in [4.78, 5) is 17.4. The molecular formula is C16H13BrN2O2S. The van der Waals surface area contributed by atoms with E-state index >= 15 is 0 Å². The fraction of sp³-hybridized carbons (Fsp3) is 0.125. The van der Waals surface area contributed by atoms with Gasteiger partial charge in [0, 0.05) is 5.75 Å².